The van der Waals surface area contributed by atoms with Crippen LogP contribution in [-0.4, -0.2) is 52.7 Å². The number of aryl methyl sites for hydroxylation is 1. The average Bonchev–Trinajstić information content (AvgIpc) is 2.58. The van der Waals surface area contributed by atoms with Crippen LogP contribution in [0.4, 0.5) is 17.5 Å². The van der Waals surface area contributed by atoms with Crippen molar-refractivity contribution in [3.63, 3.8) is 0 Å². The molecule has 1 aliphatic heterocycles. The molecule has 8 heteroatoms. The van der Waals surface area contributed by atoms with Gasteiger partial charge in [0.05, 0.1) is 11.9 Å². The van der Waals surface area contributed by atoms with Gasteiger partial charge >= 0.3 is 0 Å². The van der Waals surface area contributed by atoms with Crippen LogP contribution < -0.4 is 10.2 Å². The first-order chi connectivity index (χ1) is 11.2. The van der Waals surface area contributed by atoms with Gasteiger partial charge in [0, 0.05) is 30.7 Å². The number of carbonyl (C=O) groups excluding carboxylic acids is 1. The van der Waals surface area contributed by atoms with Crippen molar-refractivity contribution in [1.29, 1.82) is 0 Å². The molecule has 2 heterocycles. The lowest BCUT2D eigenvalue weighted by molar-refractivity contribution is -0.118. The number of nitrogens with one attached hydrogen (secondary N) is 1. The van der Waals surface area contributed by atoms with Crippen LogP contribution in [0.3, 0.4) is 0 Å². The van der Waals surface area contributed by atoms with Gasteiger partial charge in [-0.2, -0.15) is 10.1 Å². The van der Waals surface area contributed by atoms with Gasteiger partial charge in [0.2, 0.25) is 12.4 Å². The van der Waals surface area contributed by atoms with Crippen molar-refractivity contribution in [2.24, 2.45) is 0 Å². The van der Waals surface area contributed by atoms with Crippen LogP contribution in [0.25, 0.3) is 0 Å². The largest absolute Gasteiger partial charge is 0.342 e. The van der Waals surface area contributed by atoms with Gasteiger partial charge in [-0.05, 0) is 40.5 Å². The van der Waals surface area contributed by atoms with E-state index < -0.39 is 0 Å². The van der Waals surface area contributed by atoms with Gasteiger partial charge in [-0.15, -0.1) is 5.10 Å². The van der Waals surface area contributed by atoms with Crippen LogP contribution in [0, 0.1) is 6.92 Å². The molecule has 1 amide bonds. The lowest BCUT2D eigenvalue weighted by Gasteiger charge is -2.32. The first-order valence-corrected chi connectivity index (χ1v) is 8.12. The Balaban J connectivity index is 1.74. The van der Waals surface area contributed by atoms with Gasteiger partial charge in [-0.25, -0.2) is 0 Å². The highest BCUT2D eigenvalue weighted by Crippen LogP contribution is 2.26. The fourth-order valence-electron chi connectivity index (χ4n) is 2.38. The zero-order valence-corrected chi connectivity index (χ0v) is 14.3. The summed E-state index contributed by atoms with van der Waals surface area (Å²) >= 11 is 3.54. The molecule has 1 aromatic heterocycles. The molecule has 1 N–H and O–H groups in total. The molecule has 0 atom stereocenters. The zero-order chi connectivity index (χ0) is 16.2. The highest BCUT2D eigenvalue weighted by atomic mass is 79.9. The molecule has 3 rings (SSSR count). The van der Waals surface area contributed by atoms with E-state index in [0.29, 0.717) is 37.9 Å². The van der Waals surface area contributed by atoms with Crippen molar-refractivity contribution in [3.05, 3.63) is 34.4 Å². The third kappa shape index (κ3) is 3.76. The van der Waals surface area contributed by atoms with Crippen LogP contribution >= 0.6 is 15.9 Å². The summed E-state index contributed by atoms with van der Waals surface area (Å²) in [6.45, 7) is 4.80. The molecule has 1 saturated heterocycles. The lowest BCUT2D eigenvalue weighted by Crippen LogP contribution is -2.46. The van der Waals surface area contributed by atoms with Crippen molar-refractivity contribution >= 4 is 39.8 Å². The number of piperazine rings is 1. The summed E-state index contributed by atoms with van der Waals surface area (Å²) in [5, 5.41) is 11.4. The minimum Gasteiger partial charge on any atom is -0.342 e. The maximum absolute atomic E-state index is 10.8. The Morgan fingerprint density at radius 2 is 2.04 bits per heavy atom. The van der Waals surface area contributed by atoms with E-state index in [-0.39, 0.29) is 0 Å². The molecule has 23 heavy (non-hydrogen) atoms. The number of rotatable bonds is 4. The fourth-order valence-corrected chi connectivity index (χ4v) is 2.97. The van der Waals surface area contributed by atoms with E-state index in [4.69, 9.17) is 0 Å². The van der Waals surface area contributed by atoms with E-state index in [1.165, 1.54) is 5.56 Å². The highest BCUT2D eigenvalue weighted by Gasteiger charge is 2.18. The number of nitrogens with zero attached hydrogens (tertiary/aromatic N) is 5. The van der Waals surface area contributed by atoms with Crippen molar-refractivity contribution in [1.82, 2.24) is 20.1 Å². The first-order valence-electron chi connectivity index (χ1n) is 7.33. The number of hydrogen-bond acceptors (Lipinski definition) is 6. The molecular weight excluding hydrogens is 360 g/mol. The van der Waals surface area contributed by atoms with Gasteiger partial charge < -0.3 is 15.1 Å². The number of aromatic nitrogens is 3. The van der Waals surface area contributed by atoms with Crippen LogP contribution in [0.1, 0.15) is 5.56 Å². The minimum atomic E-state index is 0.573. The molecule has 0 bridgehead atoms. The smallest absolute Gasteiger partial charge is 0.247 e. The Morgan fingerprint density at radius 3 is 2.74 bits per heavy atom. The zero-order valence-electron chi connectivity index (χ0n) is 12.7. The third-order valence-corrected chi connectivity index (χ3v) is 4.34. The number of hydrogen-bond donors (Lipinski definition) is 1. The van der Waals surface area contributed by atoms with Crippen molar-refractivity contribution < 1.29 is 4.79 Å². The minimum absolute atomic E-state index is 0.573. The van der Waals surface area contributed by atoms with Crippen molar-refractivity contribution in [2.75, 3.05) is 36.4 Å². The summed E-state index contributed by atoms with van der Waals surface area (Å²) in [4.78, 5) is 19.1. The molecule has 0 radical (unpaired) electrons. The number of anilines is 3. The standard InChI is InChI=1S/C15H17BrN6O/c1-11-2-3-13(12(16)8-11)18-14-9-17-20-15(19-14)22-6-4-21(10-23)5-7-22/h2-3,8-10H,4-7H2,1H3,(H,18,19,20). The maximum Gasteiger partial charge on any atom is 0.247 e. The summed E-state index contributed by atoms with van der Waals surface area (Å²) in [5.41, 5.74) is 2.10. The molecule has 1 aromatic carbocycles. The van der Waals surface area contributed by atoms with Gasteiger partial charge in [-0.3, -0.25) is 4.79 Å². The fraction of sp³-hybridized carbons (Fsp3) is 0.333. The van der Waals surface area contributed by atoms with Crippen molar-refractivity contribution in [2.45, 2.75) is 6.92 Å². The Morgan fingerprint density at radius 1 is 1.26 bits per heavy atom. The summed E-state index contributed by atoms with van der Waals surface area (Å²) in [5.74, 6) is 1.21. The van der Waals surface area contributed by atoms with E-state index in [9.17, 15) is 4.79 Å². The van der Waals surface area contributed by atoms with Crippen LogP contribution in [0.15, 0.2) is 28.9 Å². The summed E-state index contributed by atoms with van der Waals surface area (Å²) in [7, 11) is 0. The lowest BCUT2D eigenvalue weighted by atomic mass is 10.2. The molecule has 120 valence electrons. The van der Waals surface area contributed by atoms with E-state index >= 15 is 0 Å². The summed E-state index contributed by atoms with van der Waals surface area (Å²) < 4.78 is 0.970. The molecule has 1 fully saturated rings. The predicted octanol–water partition coefficient (Wildman–Crippen LogP) is 1.96. The van der Waals surface area contributed by atoms with Crippen LogP contribution in [-0.2, 0) is 4.79 Å². The highest BCUT2D eigenvalue weighted by molar-refractivity contribution is 9.10. The van der Waals surface area contributed by atoms with E-state index in [0.717, 1.165) is 16.6 Å². The monoisotopic (exact) mass is 376 g/mol. The Labute approximate surface area is 142 Å². The quantitative estimate of drug-likeness (QED) is 0.822. The normalized spacial score (nSPS) is 14.7. The molecule has 0 saturated carbocycles. The Bertz CT molecular complexity index is 702. The molecule has 1 aliphatic rings. The Hall–Kier alpha value is -2.22. The van der Waals surface area contributed by atoms with Crippen LogP contribution in [0.5, 0.6) is 0 Å². The number of benzene rings is 1. The number of amides is 1. The second kappa shape index (κ2) is 6.91. The van der Waals surface area contributed by atoms with E-state index in [1.54, 1.807) is 11.1 Å². The molecule has 0 unspecified atom stereocenters. The van der Waals surface area contributed by atoms with Gasteiger partial charge in [0.1, 0.15) is 0 Å². The molecular formula is C15H17BrN6O. The Kier molecular flexibility index (Phi) is 4.71. The van der Waals surface area contributed by atoms with Gasteiger partial charge in [0.15, 0.2) is 5.82 Å². The van der Waals surface area contributed by atoms with E-state index in [1.807, 2.05) is 30.0 Å². The molecule has 2 aromatic rings. The second-order valence-electron chi connectivity index (χ2n) is 5.38. The summed E-state index contributed by atoms with van der Waals surface area (Å²) in [6, 6.07) is 6.06. The average molecular weight is 377 g/mol. The van der Waals surface area contributed by atoms with Crippen molar-refractivity contribution in [3.8, 4) is 0 Å². The predicted molar refractivity (Wildman–Crippen MR) is 91.8 cm³/mol. The second-order valence-corrected chi connectivity index (χ2v) is 6.23. The molecule has 7 nitrogen and oxygen atoms in total. The van der Waals surface area contributed by atoms with Crippen LogP contribution in [0.2, 0.25) is 0 Å². The van der Waals surface area contributed by atoms with Gasteiger partial charge in [0.25, 0.3) is 0 Å². The molecule has 0 aliphatic carbocycles. The SMILES string of the molecule is Cc1ccc(Nc2cnnc(N3CCN(C=O)CC3)n2)c(Br)c1. The number of carbonyl (C=O) groups is 1. The first kappa shape index (κ1) is 15.7. The number of halogens is 1. The summed E-state index contributed by atoms with van der Waals surface area (Å²) in [6.07, 6.45) is 2.47. The van der Waals surface area contributed by atoms with E-state index in [2.05, 4.69) is 36.4 Å². The topological polar surface area (TPSA) is 74.2 Å². The maximum atomic E-state index is 10.8. The molecule has 0 spiro atoms. The third-order valence-electron chi connectivity index (χ3n) is 3.68. The van der Waals surface area contributed by atoms with Gasteiger partial charge in [-0.1, -0.05) is 6.07 Å².